The summed E-state index contributed by atoms with van der Waals surface area (Å²) in [5, 5.41) is 4.00. The van der Waals surface area contributed by atoms with E-state index in [4.69, 9.17) is 23.2 Å². The molecular formula is C19H21Cl2NO3S2. The summed E-state index contributed by atoms with van der Waals surface area (Å²) in [4.78, 5) is 12.5. The van der Waals surface area contributed by atoms with Gasteiger partial charge in [0.15, 0.2) is 9.84 Å². The molecule has 0 aromatic heterocycles. The van der Waals surface area contributed by atoms with Crippen LogP contribution in [0, 0.1) is 0 Å². The van der Waals surface area contributed by atoms with Crippen LogP contribution in [0.1, 0.15) is 30.5 Å². The standard InChI is InChI=1S/C19H21Cl2NO3S2/c1-3-18(14-5-7-15(8-6-14)27(2,24)25)22-19(23)12-26-11-13-4-9-16(20)17(21)10-13/h4-10,18H,3,11-12H2,1-2H3,(H,22,23)/t18-/m1/s1. The average Bonchev–Trinajstić information content (AvgIpc) is 2.62. The first-order valence-electron chi connectivity index (χ1n) is 8.31. The predicted molar refractivity (Wildman–Crippen MR) is 113 cm³/mol. The van der Waals surface area contributed by atoms with Crippen molar-refractivity contribution < 1.29 is 13.2 Å². The number of benzene rings is 2. The summed E-state index contributed by atoms with van der Waals surface area (Å²) < 4.78 is 23.1. The Labute approximate surface area is 174 Å². The molecule has 146 valence electrons. The molecule has 0 aliphatic heterocycles. The lowest BCUT2D eigenvalue weighted by atomic mass is 10.0. The van der Waals surface area contributed by atoms with E-state index < -0.39 is 9.84 Å². The maximum absolute atomic E-state index is 12.2. The summed E-state index contributed by atoms with van der Waals surface area (Å²) in [6.07, 6.45) is 1.88. The zero-order chi connectivity index (χ0) is 20.0. The Morgan fingerprint density at radius 1 is 1.11 bits per heavy atom. The first kappa shape index (κ1) is 22.1. The van der Waals surface area contributed by atoms with E-state index in [2.05, 4.69) is 5.32 Å². The fraction of sp³-hybridized carbons (Fsp3) is 0.316. The number of hydrogen-bond acceptors (Lipinski definition) is 4. The van der Waals surface area contributed by atoms with Gasteiger partial charge in [-0.25, -0.2) is 8.42 Å². The normalized spacial score (nSPS) is 12.6. The molecule has 2 aromatic rings. The quantitative estimate of drug-likeness (QED) is 0.627. The molecule has 0 fully saturated rings. The predicted octanol–water partition coefficient (Wildman–Crippen LogP) is 4.90. The van der Waals surface area contributed by atoms with E-state index in [1.807, 2.05) is 13.0 Å². The van der Waals surface area contributed by atoms with Crippen LogP contribution in [0.3, 0.4) is 0 Å². The van der Waals surface area contributed by atoms with Crippen LogP contribution in [0.5, 0.6) is 0 Å². The molecule has 2 rings (SSSR count). The molecule has 0 aliphatic carbocycles. The van der Waals surface area contributed by atoms with Crippen LogP contribution in [-0.4, -0.2) is 26.3 Å². The van der Waals surface area contributed by atoms with Crippen molar-refractivity contribution >= 4 is 50.7 Å². The highest BCUT2D eigenvalue weighted by Gasteiger charge is 2.14. The number of rotatable bonds is 8. The van der Waals surface area contributed by atoms with Crippen LogP contribution >= 0.6 is 35.0 Å². The number of carbonyl (C=O) groups excluding carboxylic acids is 1. The van der Waals surface area contributed by atoms with E-state index in [1.54, 1.807) is 36.4 Å². The molecule has 2 aromatic carbocycles. The summed E-state index contributed by atoms with van der Waals surface area (Å²) in [5.41, 5.74) is 1.89. The highest BCUT2D eigenvalue weighted by Crippen LogP contribution is 2.25. The minimum atomic E-state index is -3.23. The van der Waals surface area contributed by atoms with Crippen molar-refractivity contribution in [3.05, 3.63) is 63.6 Å². The lowest BCUT2D eigenvalue weighted by molar-refractivity contribution is -0.119. The van der Waals surface area contributed by atoms with Gasteiger partial charge in [0, 0.05) is 12.0 Å². The Morgan fingerprint density at radius 3 is 2.33 bits per heavy atom. The molecular weight excluding hydrogens is 425 g/mol. The smallest absolute Gasteiger partial charge is 0.230 e. The van der Waals surface area contributed by atoms with Crippen LogP contribution in [0.4, 0.5) is 0 Å². The molecule has 0 saturated heterocycles. The molecule has 8 heteroatoms. The largest absolute Gasteiger partial charge is 0.349 e. The SMILES string of the molecule is CC[C@@H](NC(=O)CSCc1ccc(Cl)c(Cl)c1)c1ccc(S(C)(=O)=O)cc1. The molecule has 27 heavy (non-hydrogen) atoms. The second-order valence-electron chi connectivity index (χ2n) is 6.11. The van der Waals surface area contributed by atoms with Gasteiger partial charge in [0.2, 0.25) is 5.91 Å². The average molecular weight is 446 g/mol. The minimum Gasteiger partial charge on any atom is -0.349 e. The Balaban J connectivity index is 1.89. The number of sulfone groups is 1. The van der Waals surface area contributed by atoms with Crippen molar-refractivity contribution in [2.45, 2.75) is 30.0 Å². The van der Waals surface area contributed by atoms with Crippen molar-refractivity contribution in [2.24, 2.45) is 0 Å². The molecule has 1 amide bonds. The minimum absolute atomic E-state index is 0.0703. The highest BCUT2D eigenvalue weighted by atomic mass is 35.5. The van der Waals surface area contributed by atoms with Gasteiger partial charge in [-0.3, -0.25) is 4.79 Å². The second kappa shape index (κ2) is 9.82. The lowest BCUT2D eigenvalue weighted by Gasteiger charge is -2.18. The second-order valence-corrected chi connectivity index (χ2v) is 9.93. The monoisotopic (exact) mass is 445 g/mol. The van der Waals surface area contributed by atoms with Gasteiger partial charge in [-0.15, -0.1) is 11.8 Å². The molecule has 0 bridgehead atoms. The van der Waals surface area contributed by atoms with Gasteiger partial charge >= 0.3 is 0 Å². The summed E-state index contributed by atoms with van der Waals surface area (Å²) in [7, 11) is -3.23. The van der Waals surface area contributed by atoms with Crippen LogP contribution in [0.25, 0.3) is 0 Å². The third-order valence-electron chi connectivity index (χ3n) is 3.94. The van der Waals surface area contributed by atoms with Crippen molar-refractivity contribution in [1.82, 2.24) is 5.32 Å². The number of amides is 1. The van der Waals surface area contributed by atoms with Gasteiger partial charge in [0.1, 0.15) is 0 Å². The van der Waals surface area contributed by atoms with Gasteiger partial charge in [0.25, 0.3) is 0 Å². The molecule has 1 N–H and O–H groups in total. The molecule has 0 unspecified atom stereocenters. The Hall–Kier alpha value is -1.21. The molecule has 0 saturated carbocycles. The first-order valence-corrected chi connectivity index (χ1v) is 12.1. The van der Waals surface area contributed by atoms with Crippen molar-refractivity contribution in [3.63, 3.8) is 0 Å². The summed E-state index contributed by atoms with van der Waals surface area (Å²) >= 11 is 13.4. The lowest BCUT2D eigenvalue weighted by Crippen LogP contribution is -2.29. The maximum Gasteiger partial charge on any atom is 0.230 e. The van der Waals surface area contributed by atoms with E-state index >= 15 is 0 Å². The van der Waals surface area contributed by atoms with Crippen LogP contribution in [0.2, 0.25) is 10.0 Å². The molecule has 0 aliphatic rings. The topological polar surface area (TPSA) is 63.2 Å². The third-order valence-corrected chi connectivity index (χ3v) is 6.81. The fourth-order valence-electron chi connectivity index (χ4n) is 2.50. The van der Waals surface area contributed by atoms with Crippen molar-refractivity contribution in [1.29, 1.82) is 0 Å². The van der Waals surface area contributed by atoms with E-state index in [-0.39, 0.29) is 16.8 Å². The third kappa shape index (κ3) is 6.71. The van der Waals surface area contributed by atoms with Crippen molar-refractivity contribution in [2.75, 3.05) is 12.0 Å². The summed E-state index contributed by atoms with van der Waals surface area (Å²) in [6.45, 7) is 1.97. The number of nitrogens with one attached hydrogen (secondary N) is 1. The van der Waals surface area contributed by atoms with Gasteiger partial charge < -0.3 is 5.32 Å². The highest BCUT2D eigenvalue weighted by molar-refractivity contribution is 7.99. The Kier molecular flexibility index (Phi) is 8.04. The number of thioether (sulfide) groups is 1. The van der Waals surface area contributed by atoms with Gasteiger partial charge in [-0.2, -0.15) is 0 Å². The molecule has 0 spiro atoms. The van der Waals surface area contributed by atoms with Crippen LogP contribution in [-0.2, 0) is 20.4 Å². The van der Waals surface area contributed by atoms with Crippen LogP contribution < -0.4 is 5.32 Å². The summed E-state index contributed by atoms with van der Waals surface area (Å²) in [6, 6.07) is 11.9. The van der Waals surface area contributed by atoms with E-state index in [0.29, 0.717) is 28.0 Å². The molecule has 4 nitrogen and oxygen atoms in total. The molecule has 0 radical (unpaired) electrons. The van der Waals surface area contributed by atoms with Crippen LogP contribution in [0.15, 0.2) is 47.4 Å². The number of hydrogen-bond donors (Lipinski definition) is 1. The Bertz CT molecular complexity index is 900. The van der Waals surface area contributed by atoms with Gasteiger partial charge in [0.05, 0.1) is 26.7 Å². The van der Waals surface area contributed by atoms with Gasteiger partial charge in [-0.1, -0.05) is 48.3 Å². The van der Waals surface area contributed by atoms with Crippen molar-refractivity contribution in [3.8, 4) is 0 Å². The maximum atomic E-state index is 12.2. The molecule has 1 atom stereocenters. The Morgan fingerprint density at radius 2 is 1.78 bits per heavy atom. The summed E-state index contributed by atoms with van der Waals surface area (Å²) in [5.74, 6) is 0.904. The fourth-order valence-corrected chi connectivity index (χ4v) is 4.23. The van der Waals surface area contributed by atoms with E-state index in [1.165, 1.54) is 18.0 Å². The van der Waals surface area contributed by atoms with Gasteiger partial charge in [-0.05, 0) is 41.8 Å². The molecule has 0 heterocycles. The van der Waals surface area contributed by atoms with E-state index in [9.17, 15) is 13.2 Å². The van der Waals surface area contributed by atoms with E-state index in [0.717, 1.165) is 11.1 Å². The number of carbonyl (C=O) groups is 1. The zero-order valence-corrected chi connectivity index (χ0v) is 18.2. The zero-order valence-electron chi connectivity index (χ0n) is 15.0. The first-order chi connectivity index (χ1) is 12.7. The number of halogens is 2.